The van der Waals surface area contributed by atoms with Gasteiger partial charge in [-0.3, -0.25) is 9.63 Å². The highest BCUT2D eigenvalue weighted by atomic mass is 35.5. The van der Waals surface area contributed by atoms with E-state index in [-0.39, 0.29) is 5.91 Å². The zero-order chi connectivity index (χ0) is 12.1. The van der Waals surface area contributed by atoms with Crippen LogP contribution < -0.4 is 5.48 Å². The monoisotopic (exact) mass is 261 g/mol. The molecule has 0 aliphatic rings. The summed E-state index contributed by atoms with van der Waals surface area (Å²) in [7, 11) is 0. The maximum Gasteiger partial charge on any atom is 0.274 e. The molecule has 1 aromatic carbocycles. The first kappa shape index (κ1) is 13.3. The fraction of sp³-hybridized carbons (Fsp3) is 0.364. The SMILES string of the molecule is CC(C)CONC(=O)c1ccc(Cl)c(Cl)c1. The minimum absolute atomic E-state index is 0.334. The third-order valence-corrected chi connectivity index (χ3v) is 2.50. The summed E-state index contributed by atoms with van der Waals surface area (Å²) < 4.78 is 0. The maximum atomic E-state index is 11.6. The first-order chi connectivity index (χ1) is 7.50. The second-order valence-corrected chi connectivity index (χ2v) is 4.58. The molecule has 0 aromatic heterocycles. The van der Waals surface area contributed by atoms with Crippen LogP contribution in [0.3, 0.4) is 0 Å². The molecule has 88 valence electrons. The van der Waals surface area contributed by atoms with E-state index in [1.165, 1.54) is 6.07 Å². The molecule has 1 N–H and O–H groups in total. The normalized spacial score (nSPS) is 10.6. The summed E-state index contributed by atoms with van der Waals surface area (Å²) in [6.07, 6.45) is 0. The Labute approximate surface area is 105 Å². The average Bonchev–Trinajstić information content (AvgIpc) is 2.21. The van der Waals surface area contributed by atoms with Gasteiger partial charge in [0, 0.05) is 5.56 Å². The molecule has 0 saturated heterocycles. The molecule has 0 radical (unpaired) electrons. The summed E-state index contributed by atoms with van der Waals surface area (Å²) in [6.45, 7) is 4.45. The van der Waals surface area contributed by atoms with Gasteiger partial charge >= 0.3 is 0 Å². The molecule has 0 spiro atoms. The zero-order valence-electron chi connectivity index (χ0n) is 9.09. The number of carbonyl (C=O) groups is 1. The summed E-state index contributed by atoms with van der Waals surface area (Å²) >= 11 is 11.5. The van der Waals surface area contributed by atoms with Crippen molar-refractivity contribution in [3.63, 3.8) is 0 Å². The van der Waals surface area contributed by atoms with Gasteiger partial charge in [-0.05, 0) is 24.1 Å². The van der Waals surface area contributed by atoms with Crippen molar-refractivity contribution in [2.75, 3.05) is 6.61 Å². The lowest BCUT2D eigenvalue weighted by atomic mass is 10.2. The molecule has 1 rings (SSSR count). The predicted molar refractivity (Wildman–Crippen MR) is 64.7 cm³/mol. The van der Waals surface area contributed by atoms with Crippen molar-refractivity contribution in [1.82, 2.24) is 5.48 Å². The quantitative estimate of drug-likeness (QED) is 0.845. The van der Waals surface area contributed by atoms with E-state index in [2.05, 4.69) is 5.48 Å². The van der Waals surface area contributed by atoms with Crippen molar-refractivity contribution in [2.45, 2.75) is 13.8 Å². The number of hydrogen-bond acceptors (Lipinski definition) is 2. The van der Waals surface area contributed by atoms with Crippen molar-refractivity contribution in [3.05, 3.63) is 33.8 Å². The first-order valence-corrected chi connectivity index (χ1v) is 5.63. The molecule has 0 heterocycles. The molecule has 0 aliphatic heterocycles. The predicted octanol–water partition coefficient (Wildman–Crippen LogP) is 3.31. The average molecular weight is 262 g/mol. The van der Waals surface area contributed by atoms with E-state index >= 15 is 0 Å². The van der Waals surface area contributed by atoms with Gasteiger partial charge in [-0.2, -0.15) is 0 Å². The number of benzene rings is 1. The Balaban J connectivity index is 2.56. The summed E-state index contributed by atoms with van der Waals surface area (Å²) in [4.78, 5) is 16.6. The Morgan fingerprint density at radius 2 is 2.06 bits per heavy atom. The third kappa shape index (κ3) is 4.00. The molecule has 1 amide bonds. The number of carbonyl (C=O) groups excluding carboxylic acids is 1. The van der Waals surface area contributed by atoms with Crippen molar-refractivity contribution < 1.29 is 9.63 Å². The molecule has 0 bridgehead atoms. The van der Waals surface area contributed by atoms with Crippen LogP contribution in [-0.2, 0) is 4.84 Å². The number of hydrogen-bond donors (Lipinski definition) is 1. The third-order valence-electron chi connectivity index (χ3n) is 1.76. The molecular weight excluding hydrogens is 249 g/mol. The Morgan fingerprint density at radius 1 is 1.38 bits per heavy atom. The van der Waals surface area contributed by atoms with Crippen LogP contribution in [0.2, 0.25) is 10.0 Å². The zero-order valence-corrected chi connectivity index (χ0v) is 10.6. The van der Waals surface area contributed by atoms with Crippen LogP contribution in [0.5, 0.6) is 0 Å². The minimum atomic E-state index is -0.334. The second kappa shape index (κ2) is 6.09. The largest absolute Gasteiger partial charge is 0.274 e. The lowest BCUT2D eigenvalue weighted by Crippen LogP contribution is -2.25. The van der Waals surface area contributed by atoms with Gasteiger partial charge in [0.2, 0.25) is 0 Å². The lowest BCUT2D eigenvalue weighted by Gasteiger charge is -2.08. The molecule has 0 fully saturated rings. The molecule has 3 nitrogen and oxygen atoms in total. The van der Waals surface area contributed by atoms with Gasteiger partial charge in [0.15, 0.2) is 0 Å². The Hall–Kier alpha value is -0.770. The van der Waals surface area contributed by atoms with Gasteiger partial charge in [-0.25, -0.2) is 5.48 Å². The second-order valence-electron chi connectivity index (χ2n) is 3.76. The van der Waals surface area contributed by atoms with Gasteiger partial charge in [-0.15, -0.1) is 0 Å². The topological polar surface area (TPSA) is 38.3 Å². The van der Waals surface area contributed by atoms with E-state index < -0.39 is 0 Å². The molecule has 0 atom stereocenters. The van der Waals surface area contributed by atoms with E-state index in [1.54, 1.807) is 12.1 Å². The van der Waals surface area contributed by atoms with E-state index in [0.717, 1.165) is 0 Å². The van der Waals surface area contributed by atoms with Gasteiger partial charge < -0.3 is 0 Å². The molecule has 0 unspecified atom stereocenters. The molecule has 1 aromatic rings. The summed E-state index contributed by atoms with van der Waals surface area (Å²) in [5.74, 6) is 0.0216. The first-order valence-electron chi connectivity index (χ1n) is 4.88. The molecule has 5 heteroatoms. The fourth-order valence-electron chi connectivity index (χ4n) is 0.970. The molecule has 0 saturated carbocycles. The van der Waals surface area contributed by atoms with Crippen LogP contribution in [-0.4, -0.2) is 12.5 Å². The summed E-state index contributed by atoms with van der Waals surface area (Å²) in [6, 6.07) is 4.65. The minimum Gasteiger partial charge on any atom is -0.273 e. The van der Waals surface area contributed by atoms with Crippen LogP contribution in [0.25, 0.3) is 0 Å². The van der Waals surface area contributed by atoms with E-state index in [0.29, 0.717) is 28.1 Å². The molecule has 16 heavy (non-hydrogen) atoms. The number of nitrogens with one attached hydrogen (secondary N) is 1. The highest BCUT2D eigenvalue weighted by Crippen LogP contribution is 2.22. The number of hydroxylamine groups is 1. The lowest BCUT2D eigenvalue weighted by molar-refractivity contribution is 0.0208. The van der Waals surface area contributed by atoms with Crippen LogP contribution in [0, 0.1) is 5.92 Å². The Bertz CT molecular complexity index is 380. The highest BCUT2D eigenvalue weighted by Gasteiger charge is 2.08. The van der Waals surface area contributed by atoms with Crippen LogP contribution in [0.15, 0.2) is 18.2 Å². The number of rotatable bonds is 4. The van der Waals surface area contributed by atoms with Crippen LogP contribution >= 0.6 is 23.2 Å². The van der Waals surface area contributed by atoms with Gasteiger partial charge in [-0.1, -0.05) is 37.0 Å². The molecule has 0 aliphatic carbocycles. The van der Waals surface area contributed by atoms with E-state index in [4.69, 9.17) is 28.0 Å². The summed E-state index contributed by atoms with van der Waals surface area (Å²) in [5, 5.41) is 0.763. The maximum absolute atomic E-state index is 11.6. The van der Waals surface area contributed by atoms with Crippen molar-refractivity contribution in [2.24, 2.45) is 5.92 Å². The Morgan fingerprint density at radius 3 is 2.62 bits per heavy atom. The Kier molecular flexibility index (Phi) is 5.06. The van der Waals surface area contributed by atoms with Crippen molar-refractivity contribution >= 4 is 29.1 Å². The van der Waals surface area contributed by atoms with Crippen LogP contribution in [0.4, 0.5) is 0 Å². The van der Waals surface area contributed by atoms with Crippen molar-refractivity contribution in [1.29, 1.82) is 0 Å². The van der Waals surface area contributed by atoms with E-state index in [9.17, 15) is 4.79 Å². The molecular formula is C11H13Cl2NO2. The standard InChI is InChI=1S/C11H13Cl2NO2/c1-7(2)6-16-14-11(15)8-3-4-9(12)10(13)5-8/h3-5,7H,6H2,1-2H3,(H,14,15). The summed E-state index contributed by atoms with van der Waals surface area (Å²) in [5.41, 5.74) is 2.75. The van der Waals surface area contributed by atoms with Crippen molar-refractivity contribution in [3.8, 4) is 0 Å². The van der Waals surface area contributed by atoms with Gasteiger partial charge in [0.25, 0.3) is 5.91 Å². The van der Waals surface area contributed by atoms with E-state index in [1.807, 2.05) is 13.8 Å². The highest BCUT2D eigenvalue weighted by molar-refractivity contribution is 6.42. The number of halogens is 2. The van der Waals surface area contributed by atoms with Crippen LogP contribution in [0.1, 0.15) is 24.2 Å². The fourth-order valence-corrected chi connectivity index (χ4v) is 1.27. The van der Waals surface area contributed by atoms with Gasteiger partial charge in [0.05, 0.1) is 16.7 Å². The number of amides is 1. The smallest absolute Gasteiger partial charge is 0.273 e. The van der Waals surface area contributed by atoms with Gasteiger partial charge in [0.1, 0.15) is 0 Å².